The van der Waals surface area contributed by atoms with E-state index in [0.717, 1.165) is 13.0 Å². The lowest BCUT2D eigenvalue weighted by atomic mass is 10.00. The van der Waals surface area contributed by atoms with Gasteiger partial charge in [-0.05, 0) is 41.8 Å². The fourth-order valence-electron chi connectivity index (χ4n) is 2.95. The van der Waals surface area contributed by atoms with Crippen molar-refractivity contribution in [3.8, 4) is 5.75 Å². The van der Waals surface area contributed by atoms with Gasteiger partial charge in [-0.3, -0.25) is 4.79 Å². The Bertz CT molecular complexity index is 961. The minimum absolute atomic E-state index is 0.0664. The lowest BCUT2D eigenvalue weighted by Crippen LogP contribution is -2.37. The van der Waals surface area contributed by atoms with Crippen molar-refractivity contribution < 1.29 is 13.9 Å². The SMILES string of the molecule is O=C(CSc1nnc(COc2ccc(Cl)cc2)o1)N1CCc2ccccc2C1. The lowest BCUT2D eigenvalue weighted by Gasteiger charge is -2.28. The summed E-state index contributed by atoms with van der Waals surface area (Å²) < 4.78 is 11.1. The number of halogens is 1. The summed E-state index contributed by atoms with van der Waals surface area (Å²) in [6.45, 7) is 1.55. The van der Waals surface area contributed by atoms with Crippen LogP contribution in [0.2, 0.25) is 5.02 Å². The van der Waals surface area contributed by atoms with Gasteiger partial charge < -0.3 is 14.1 Å². The van der Waals surface area contributed by atoms with Gasteiger partial charge in [-0.25, -0.2) is 0 Å². The van der Waals surface area contributed by atoms with Crippen LogP contribution in [0.4, 0.5) is 0 Å². The number of nitrogens with zero attached hydrogens (tertiary/aromatic N) is 3. The van der Waals surface area contributed by atoms with E-state index in [2.05, 4.69) is 22.3 Å². The normalized spacial score (nSPS) is 13.2. The Morgan fingerprint density at radius 2 is 1.93 bits per heavy atom. The van der Waals surface area contributed by atoms with E-state index in [9.17, 15) is 4.79 Å². The van der Waals surface area contributed by atoms with E-state index in [1.165, 1.54) is 22.9 Å². The molecule has 2 aromatic carbocycles. The zero-order chi connectivity index (χ0) is 19.3. The molecule has 0 radical (unpaired) electrons. The van der Waals surface area contributed by atoms with Crippen LogP contribution in [0, 0.1) is 0 Å². The van der Waals surface area contributed by atoms with Gasteiger partial charge in [0.05, 0.1) is 5.75 Å². The van der Waals surface area contributed by atoms with E-state index >= 15 is 0 Å². The average molecular weight is 416 g/mol. The molecule has 8 heteroatoms. The molecule has 1 aliphatic heterocycles. The maximum atomic E-state index is 12.5. The summed E-state index contributed by atoms with van der Waals surface area (Å²) in [6, 6.07) is 15.3. The Morgan fingerprint density at radius 3 is 2.75 bits per heavy atom. The quantitative estimate of drug-likeness (QED) is 0.567. The van der Waals surface area contributed by atoms with Crippen LogP contribution < -0.4 is 4.74 Å². The fourth-order valence-corrected chi connectivity index (χ4v) is 3.76. The van der Waals surface area contributed by atoms with Crippen molar-refractivity contribution in [3.63, 3.8) is 0 Å². The molecule has 3 aromatic rings. The molecule has 1 aromatic heterocycles. The van der Waals surface area contributed by atoms with E-state index in [1.54, 1.807) is 24.3 Å². The van der Waals surface area contributed by atoms with Gasteiger partial charge in [0.1, 0.15) is 5.75 Å². The maximum absolute atomic E-state index is 12.5. The molecule has 0 bridgehead atoms. The molecule has 0 saturated heterocycles. The zero-order valence-corrected chi connectivity index (χ0v) is 16.6. The highest BCUT2D eigenvalue weighted by molar-refractivity contribution is 7.99. The first-order valence-electron chi connectivity index (χ1n) is 8.85. The van der Waals surface area contributed by atoms with Gasteiger partial charge in [0.15, 0.2) is 6.61 Å². The number of thioether (sulfide) groups is 1. The van der Waals surface area contributed by atoms with Crippen LogP contribution in [0.1, 0.15) is 17.0 Å². The Balaban J connectivity index is 1.26. The number of rotatable bonds is 6. The molecule has 0 atom stereocenters. The average Bonchev–Trinajstić information content (AvgIpc) is 3.19. The molecular weight excluding hydrogens is 398 g/mol. The maximum Gasteiger partial charge on any atom is 0.277 e. The van der Waals surface area contributed by atoms with Crippen LogP contribution >= 0.6 is 23.4 Å². The molecule has 0 unspecified atom stereocenters. The summed E-state index contributed by atoms with van der Waals surface area (Å²) in [5.41, 5.74) is 2.54. The Labute approximate surface area is 171 Å². The summed E-state index contributed by atoms with van der Waals surface area (Å²) >= 11 is 7.09. The molecule has 4 rings (SSSR count). The molecule has 0 spiro atoms. The van der Waals surface area contributed by atoms with Crippen LogP contribution in [0.15, 0.2) is 58.2 Å². The summed E-state index contributed by atoms with van der Waals surface area (Å²) in [7, 11) is 0. The monoisotopic (exact) mass is 415 g/mol. The second-order valence-electron chi connectivity index (χ2n) is 6.33. The Kier molecular flexibility index (Phi) is 5.83. The first-order chi connectivity index (χ1) is 13.7. The molecular formula is C20H18ClN3O3S. The van der Waals surface area contributed by atoms with Crippen molar-refractivity contribution in [2.24, 2.45) is 0 Å². The third kappa shape index (κ3) is 4.66. The first kappa shape index (κ1) is 18.8. The fraction of sp³-hybridized carbons (Fsp3) is 0.250. The zero-order valence-electron chi connectivity index (χ0n) is 15.0. The van der Waals surface area contributed by atoms with Crippen LogP contribution in [-0.2, 0) is 24.4 Å². The number of amides is 1. The largest absolute Gasteiger partial charge is 0.484 e. The number of carbonyl (C=O) groups is 1. The molecule has 6 nitrogen and oxygen atoms in total. The van der Waals surface area contributed by atoms with Crippen LogP contribution in [0.3, 0.4) is 0 Å². The van der Waals surface area contributed by atoms with Crippen molar-refractivity contribution in [2.45, 2.75) is 24.8 Å². The predicted molar refractivity (Wildman–Crippen MR) is 106 cm³/mol. The third-order valence-corrected chi connectivity index (χ3v) is 5.48. The van der Waals surface area contributed by atoms with E-state index < -0.39 is 0 Å². The summed E-state index contributed by atoms with van der Waals surface area (Å²) in [5, 5.41) is 8.93. The number of hydrogen-bond donors (Lipinski definition) is 0. The molecule has 0 fully saturated rings. The molecule has 0 N–H and O–H groups in total. The van der Waals surface area contributed by atoms with Gasteiger partial charge in [0, 0.05) is 18.1 Å². The summed E-state index contributed by atoms with van der Waals surface area (Å²) in [6.07, 6.45) is 0.888. The highest BCUT2D eigenvalue weighted by Gasteiger charge is 2.21. The van der Waals surface area contributed by atoms with Crippen LogP contribution in [-0.4, -0.2) is 33.3 Å². The van der Waals surface area contributed by atoms with Gasteiger partial charge in [-0.1, -0.05) is 47.6 Å². The van der Waals surface area contributed by atoms with E-state index in [-0.39, 0.29) is 18.3 Å². The number of ether oxygens (including phenoxy) is 1. The predicted octanol–water partition coefficient (Wildman–Crippen LogP) is 3.98. The number of carbonyl (C=O) groups excluding carboxylic acids is 1. The minimum atomic E-state index is 0.0664. The highest BCUT2D eigenvalue weighted by atomic mass is 35.5. The number of hydrogen-bond acceptors (Lipinski definition) is 6. The lowest BCUT2D eigenvalue weighted by molar-refractivity contribution is -0.129. The topological polar surface area (TPSA) is 68.5 Å². The molecule has 0 aliphatic carbocycles. The minimum Gasteiger partial charge on any atom is -0.484 e. The van der Waals surface area contributed by atoms with E-state index in [0.29, 0.717) is 28.4 Å². The van der Waals surface area contributed by atoms with Crippen molar-refractivity contribution in [1.29, 1.82) is 0 Å². The number of benzene rings is 2. The van der Waals surface area contributed by atoms with Gasteiger partial charge in [0.2, 0.25) is 5.91 Å². The smallest absolute Gasteiger partial charge is 0.277 e. The van der Waals surface area contributed by atoms with Crippen molar-refractivity contribution >= 4 is 29.3 Å². The molecule has 2 heterocycles. The molecule has 1 aliphatic rings. The Morgan fingerprint density at radius 1 is 1.14 bits per heavy atom. The van der Waals surface area contributed by atoms with Gasteiger partial charge in [0.25, 0.3) is 11.1 Å². The molecule has 0 saturated carbocycles. The van der Waals surface area contributed by atoms with Crippen molar-refractivity contribution in [1.82, 2.24) is 15.1 Å². The standard InChI is InChI=1S/C20H18ClN3O3S/c21-16-5-7-17(8-6-16)26-12-18-22-23-20(27-18)28-13-19(25)24-10-9-14-3-1-2-4-15(14)11-24/h1-8H,9-13H2. The van der Waals surface area contributed by atoms with E-state index in [4.69, 9.17) is 20.8 Å². The van der Waals surface area contributed by atoms with Crippen molar-refractivity contribution in [2.75, 3.05) is 12.3 Å². The van der Waals surface area contributed by atoms with Gasteiger partial charge in [-0.2, -0.15) is 0 Å². The number of fused-ring (bicyclic) bond motifs is 1. The van der Waals surface area contributed by atoms with Gasteiger partial charge >= 0.3 is 0 Å². The molecule has 28 heavy (non-hydrogen) atoms. The first-order valence-corrected chi connectivity index (χ1v) is 10.2. The summed E-state index contributed by atoms with van der Waals surface area (Å²) in [5.74, 6) is 1.35. The second kappa shape index (κ2) is 8.67. The highest BCUT2D eigenvalue weighted by Crippen LogP contribution is 2.22. The van der Waals surface area contributed by atoms with Crippen LogP contribution in [0.5, 0.6) is 5.75 Å². The van der Waals surface area contributed by atoms with Gasteiger partial charge in [-0.15, -0.1) is 10.2 Å². The summed E-state index contributed by atoms with van der Waals surface area (Å²) in [4.78, 5) is 14.4. The molecule has 144 valence electrons. The van der Waals surface area contributed by atoms with Crippen LogP contribution in [0.25, 0.3) is 0 Å². The number of aromatic nitrogens is 2. The molecule has 1 amide bonds. The third-order valence-electron chi connectivity index (χ3n) is 4.43. The Hall–Kier alpha value is -2.51. The van der Waals surface area contributed by atoms with Crippen molar-refractivity contribution in [3.05, 3.63) is 70.6 Å². The van der Waals surface area contributed by atoms with E-state index in [1.807, 2.05) is 17.0 Å². The second-order valence-corrected chi connectivity index (χ2v) is 7.69.